The van der Waals surface area contributed by atoms with Gasteiger partial charge in [-0.1, -0.05) is 42.1 Å². The maximum Gasteiger partial charge on any atom is 0.389 e. The second-order valence-electron chi connectivity index (χ2n) is 8.20. The van der Waals surface area contributed by atoms with Gasteiger partial charge < -0.3 is 25.0 Å². The van der Waals surface area contributed by atoms with E-state index in [1.54, 1.807) is 25.2 Å². The molecule has 39 heavy (non-hydrogen) atoms. The molecule has 2 unspecified atom stereocenters. The molecule has 0 saturated carbocycles. The zero-order chi connectivity index (χ0) is 28.7. The lowest BCUT2D eigenvalue weighted by Gasteiger charge is -2.15. The highest BCUT2D eigenvalue weighted by Gasteiger charge is 2.29. The van der Waals surface area contributed by atoms with Gasteiger partial charge >= 0.3 is 6.18 Å². The first kappa shape index (κ1) is 33.1. The van der Waals surface area contributed by atoms with Crippen LogP contribution in [0.2, 0.25) is 0 Å². The van der Waals surface area contributed by atoms with Gasteiger partial charge in [0.25, 0.3) is 0 Å². The van der Waals surface area contributed by atoms with Crippen LogP contribution in [0.4, 0.5) is 19.0 Å². The Labute approximate surface area is 234 Å². The number of fused-ring (bicyclic) bond motifs is 1. The first-order chi connectivity index (χ1) is 18.8. The van der Waals surface area contributed by atoms with Gasteiger partial charge in [0.15, 0.2) is 22.1 Å². The Hall–Kier alpha value is -2.10. The molecule has 1 aromatic carbocycles. The number of halogens is 3. The average Bonchev–Trinajstić information content (AvgIpc) is 3.57. The first-order valence-electron chi connectivity index (χ1n) is 12.3. The summed E-state index contributed by atoms with van der Waals surface area (Å²) in [5.74, 6) is 1.26. The number of aliphatic hydroxyl groups excluding tert-OH is 2. The number of anilines is 1. The van der Waals surface area contributed by atoms with Crippen LogP contribution in [0.15, 0.2) is 41.8 Å². The predicted molar refractivity (Wildman–Crippen MR) is 149 cm³/mol. The van der Waals surface area contributed by atoms with E-state index >= 15 is 0 Å². The third kappa shape index (κ3) is 11.1. The number of benzene rings is 1. The smallest absolute Gasteiger partial charge is 0.389 e. The number of rotatable bonds is 11. The van der Waals surface area contributed by atoms with E-state index in [2.05, 4.69) is 20.3 Å². The number of alkyl halides is 3. The van der Waals surface area contributed by atoms with Crippen molar-refractivity contribution in [2.75, 3.05) is 50.4 Å². The number of hydrogen-bond acceptors (Lipinski definition) is 10. The largest absolute Gasteiger partial charge is 0.400 e. The molecule has 4 rings (SSSR count). The molecule has 0 amide bonds. The normalized spacial score (nSPS) is 16.8. The second kappa shape index (κ2) is 17.6. The summed E-state index contributed by atoms with van der Waals surface area (Å²) in [4.78, 5) is 13.3. The highest BCUT2D eigenvalue weighted by molar-refractivity contribution is 7.99. The fraction of sp³-hybridized carbons (Fsp3) is 0.560. The maximum absolute atomic E-state index is 12.5. The molecular weight excluding hydrogens is 555 g/mol. The molecule has 3 N–H and O–H groups in total. The molecule has 1 aliphatic rings. The van der Waals surface area contributed by atoms with Crippen molar-refractivity contribution < 1.29 is 32.9 Å². The van der Waals surface area contributed by atoms with Gasteiger partial charge in [-0.2, -0.15) is 24.9 Å². The fourth-order valence-electron chi connectivity index (χ4n) is 3.61. The Bertz CT molecular complexity index is 1090. The second-order valence-corrected chi connectivity index (χ2v) is 10.2. The molecule has 0 spiro atoms. The van der Waals surface area contributed by atoms with Gasteiger partial charge in [0.1, 0.15) is 6.23 Å². The lowest BCUT2D eigenvalue weighted by molar-refractivity contribution is -0.129. The van der Waals surface area contributed by atoms with E-state index in [0.29, 0.717) is 35.3 Å². The summed E-state index contributed by atoms with van der Waals surface area (Å²) in [6, 6.07) is 9.52. The lowest BCUT2D eigenvalue weighted by atomic mass is 10.2. The van der Waals surface area contributed by atoms with Gasteiger partial charge in [0.05, 0.1) is 32.1 Å². The van der Waals surface area contributed by atoms with Crippen LogP contribution in [-0.2, 0) is 16.1 Å². The zero-order valence-corrected chi connectivity index (χ0v) is 23.9. The molecule has 14 heteroatoms. The zero-order valence-electron chi connectivity index (χ0n) is 22.2. The van der Waals surface area contributed by atoms with E-state index in [4.69, 9.17) is 19.7 Å². The summed E-state index contributed by atoms with van der Waals surface area (Å²) in [5.41, 5.74) is 2.11. The van der Waals surface area contributed by atoms with Crippen LogP contribution in [0.1, 0.15) is 31.1 Å². The minimum Gasteiger partial charge on any atom is -0.400 e. The summed E-state index contributed by atoms with van der Waals surface area (Å²) < 4.78 is 50.5. The van der Waals surface area contributed by atoms with E-state index in [9.17, 15) is 13.2 Å². The highest BCUT2D eigenvalue weighted by Crippen LogP contribution is 2.33. The van der Waals surface area contributed by atoms with E-state index < -0.39 is 12.6 Å². The molecular formula is C25H36F3N5O4S2. The number of nitrogens with one attached hydrogen (secondary N) is 1. The van der Waals surface area contributed by atoms with E-state index in [-0.39, 0.29) is 24.7 Å². The number of hydrogen-bond donors (Lipinski definition) is 3. The third-order valence-corrected chi connectivity index (χ3v) is 6.85. The lowest BCUT2D eigenvalue weighted by Crippen LogP contribution is -2.16. The van der Waals surface area contributed by atoms with Gasteiger partial charge in [0.2, 0.25) is 0 Å². The molecule has 9 nitrogen and oxygen atoms in total. The van der Waals surface area contributed by atoms with Crippen LogP contribution in [0, 0.1) is 0 Å². The SMILES string of the molecule is CO.COCC1CCC(n2cnc3c(NCCSC)nc(SCCC(F)(F)F)nc32)O1.OCc1ccccc1. The fourth-order valence-corrected chi connectivity index (χ4v) is 4.74. The van der Waals surface area contributed by atoms with Crippen LogP contribution < -0.4 is 5.32 Å². The van der Waals surface area contributed by atoms with Gasteiger partial charge in [0, 0.05) is 32.3 Å². The van der Waals surface area contributed by atoms with E-state index in [1.165, 1.54) is 0 Å². The maximum atomic E-state index is 12.5. The van der Waals surface area contributed by atoms with Crippen molar-refractivity contribution in [2.24, 2.45) is 0 Å². The highest BCUT2D eigenvalue weighted by atomic mass is 32.2. The summed E-state index contributed by atoms with van der Waals surface area (Å²) in [5, 5.41) is 19.1. The average molecular weight is 592 g/mol. The third-order valence-electron chi connectivity index (χ3n) is 5.39. The number of methoxy groups -OCH3 is 1. The molecule has 1 aliphatic heterocycles. The Morgan fingerprint density at radius 2 is 1.90 bits per heavy atom. The van der Waals surface area contributed by atoms with Crippen molar-refractivity contribution in [1.29, 1.82) is 0 Å². The summed E-state index contributed by atoms with van der Waals surface area (Å²) in [6.45, 7) is 1.32. The van der Waals surface area contributed by atoms with Gasteiger partial charge in [-0.15, -0.1) is 0 Å². The van der Waals surface area contributed by atoms with Crippen LogP contribution in [0.3, 0.4) is 0 Å². The van der Waals surface area contributed by atoms with Crippen molar-refractivity contribution >= 4 is 40.5 Å². The van der Waals surface area contributed by atoms with E-state index in [1.807, 2.05) is 41.2 Å². The predicted octanol–water partition coefficient (Wildman–Crippen LogP) is 4.76. The molecule has 218 valence electrons. The minimum absolute atomic E-state index is 0.00379. The number of imidazole rings is 1. The summed E-state index contributed by atoms with van der Waals surface area (Å²) >= 11 is 2.67. The van der Waals surface area contributed by atoms with Gasteiger partial charge in [-0.05, 0) is 24.7 Å². The van der Waals surface area contributed by atoms with Crippen LogP contribution in [0.5, 0.6) is 0 Å². The first-order valence-corrected chi connectivity index (χ1v) is 14.6. The Balaban J connectivity index is 0.000000451. The molecule has 2 aromatic heterocycles. The standard InChI is InChI=1S/C17H24F3N5O2S2.C7H8O.CH4O/c1-26-9-11-3-4-12(27-11)25-10-22-13-14(21-6-8-28-2)23-16(24-15(13)25)29-7-5-17(18,19)20;8-6-7-4-2-1-3-5-7;1-2/h10-12H,3-9H2,1-2H3,(H,21,23,24);1-5,8H,6H2;2H,1H3. The minimum atomic E-state index is -4.20. The summed E-state index contributed by atoms with van der Waals surface area (Å²) in [7, 11) is 2.63. The number of aromatic nitrogens is 4. The molecule has 0 radical (unpaired) electrons. The van der Waals surface area contributed by atoms with Crippen LogP contribution in [0.25, 0.3) is 11.2 Å². The quantitative estimate of drug-likeness (QED) is 0.164. The Kier molecular flexibility index (Phi) is 14.9. The van der Waals surface area contributed by atoms with Gasteiger partial charge in [-0.25, -0.2) is 15.0 Å². The molecule has 1 fully saturated rings. The molecule has 2 atom stereocenters. The Morgan fingerprint density at radius 3 is 2.51 bits per heavy atom. The number of nitrogens with zero attached hydrogens (tertiary/aromatic N) is 4. The van der Waals surface area contributed by atoms with Crippen molar-refractivity contribution in [3.05, 3.63) is 42.2 Å². The van der Waals surface area contributed by atoms with Crippen LogP contribution in [-0.4, -0.2) is 87.1 Å². The summed E-state index contributed by atoms with van der Waals surface area (Å²) in [6.07, 6.45) is -0.0257. The van der Waals surface area contributed by atoms with Crippen molar-refractivity contribution in [3.8, 4) is 0 Å². The van der Waals surface area contributed by atoms with Crippen LogP contribution >= 0.6 is 23.5 Å². The molecule has 3 aromatic rings. The number of ether oxygens (including phenoxy) is 2. The topological polar surface area (TPSA) is 115 Å². The Morgan fingerprint density at radius 1 is 1.15 bits per heavy atom. The van der Waals surface area contributed by atoms with Gasteiger partial charge in [-0.3, -0.25) is 4.57 Å². The monoisotopic (exact) mass is 591 g/mol. The molecule has 3 heterocycles. The number of aliphatic hydroxyl groups is 2. The molecule has 1 saturated heterocycles. The molecule has 0 bridgehead atoms. The van der Waals surface area contributed by atoms with E-state index in [0.717, 1.165) is 43.0 Å². The van der Waals surface area contributed by atoms with Crippen molar-refractivity contribution in [2.45, 2.75) is 49.5 Å². The number of thioether (sulfide) groups is 2. The molecule has 0 aliphatic carbocycles. The van der Waals surface area contributed by atoms with Crippen molar-refractivity contribution in [1.82, 2.24) is 19.5 Å². The van der Waals surface area contributed by atoms with Crippen molar-refractivity contribution in [3.63, 3.8) is 0 Å².